The molecular formula is C14H23NO8. The van der Waals surface area contributed by atoms with E-state index in [-0.39, 0.29) is 6.42 Å². The highest BCUT2D eigenvalue weighted by molar-refractivity contribution is 5.90. The quantitative estimate of drug-likeness (QED) is 0.262. The number of nitrogens with zero attached hydrogens (tertiary/aromatic N) is 1. The third-order valence-electron chi connectivity index (χ3n) is 3.63. The van der Waals surface area contributed by atoms with Gasteiger partial charge in [-0.2, -0.15) is 0 Å². The van der Waals surface area contributed by atoms with E-state index in [0.29, 0.717) is 12.8 Å². The summed E-state index contributed by atoms with van der Waals surface area (Å²) in [5.74, 6) is -6.48. The largest absolute Gasteiger partial charge is 0.481 e. The van der Waals surface area contributed by atoms with Crippen LogP contribution in [0.5, 0.6) is 0 Å². The molecule has 0 saturated carbocycles. The first-order valence-electron chi connectivity index (χ1n) is 7.50. The average molecular weight is 333 g/mol. The molecule has 9 heteroatoms. The first kappa shape index (κ1) is 21.0. The van der Waals surface area contributed by atoms with E-state index < -0.39 is 35.8 Å². The standard InChI is InChI=1S/C14H23NO8/c1-2-3-4-5-6-7-8-10(12(18)23-15-22)14(21,13(19)20)9-11(16)17/h10,21H,2-9H2,1H3,(H,16,17)(H,19,20). The lowest BCUT2D eigenvalue weighted by molar-refractivity contribution is -0.182. The molecule has 2 atom stereocenters. The zero-order valence-electron chi connectivity index (χ0n) is 13.1. The second-order valence-electron chi connectivity index (χ2n) is 5.39. The Hall–Kier alpha value is -2.03. The number of aliphatic hydroxyl groups is 1. The van der Waals surface area contributed by atoms with Gasteiger partial charge in [0, 0.05) is 0 Å². The summed E-state index contributed by atoms with van der Waals surface area (Å²) in [6, 6.07) is 0. The number of carbonyl (C=O) groups is 3. The molecule has 0 aromatic carbocycles. The molecule has 0 aliphatic heterocycles. The van der Waals surface area contributed by atoms with E-state index in [9.17, 15) is 24.4 Å². The Morgan fingerprint density at radius 2 is 1.65 bits per heavy atom. The molecule has 0 aliphatic rings. The van der Waals surface area contributed by atoms with Gasteiger partial charge in [-0.15, -0.1) is 4.91 Å². The molecule has 0 aliphatic carbocycles. The highest BCUT2D eigenvalue weighted by Crippen LogP contribution is 2.29. The van der Waals surface area contributed by atoms with Gasteiger partial charge >= 0.3 is 17.9 Å². The average Bonchev–Trinajstić information content (AvgIpc) is 2.45. The number of carboxylic acids is 2. The van der Waals surface area contributed by atoms with Gasteiger partial charge in [0.05, 0.1) is 12.3 Å². The molecule has 0 amide bonds. The molecule has 0 saturated heterocycles. The van der Waals surface area contributed by atoms with Crippen molar-refractivity contribution in [3.63, 3.8) is 0 Å². The number of aliphatic carboxylic acids is 2. The van der Waals surface area contributed by atoms with Gasteiger partial charge < -0.3 is 15.3 Å². The van der Waals surface area contributed by atoms with Gasteiger partial charge in [0.15, 0.2) is 10.9 Å². The molecule has 0 spiro atoms. The minimum atomic E-state index is -2.85. The van der Waals surface area contributed by atoms with Crippen molar-refractivity contribution in [3.05, 3.63) is 4.91 Å². The van der Waals surface area contributed by atoms with Crippen LogP contribution in [0.4, 0.5) is 0 Å². The van der Waals surface area contributed by atoms with Crippen LogP contribution in [0.15, 0.2) is 5.34 Å². The van der Waals surface area contributed by atoms with Crippen LogP contribution in [0, 0.1) is 10.8 Å². The van der Waals surface area contributed by atoms with Gasteiger partial charge in [0.25, 0.3) is 0 Å². The van der Waals surface area contributed by atoms with Crippen LogP contribution in [0.2, 0.25) is 0 Å². The van der Waals surface area contributed by atoms with Crippen LogP contribution in [0.25, 0.3) is 0 Å². The zero-order valence-corrected chi connectivity index (χ0v) is 13.1. The van der Waals surface area contributed by atoms with Gasteiger partial charge in [0.1, 0.15) is 0 Å². The fraction of sp³-hybridized carbons (Fsp3) is 0.786. The summed E-state index contributed by atoms with van der Waals surface area (Å²) in [7, 11) is 0. The predicted octanol–water partition coefficient (Wildman–Crippen LogP) is 1.87. The summed E-state index contributed by atoms with van der Waals surface area (Å²) >= 11 is 0. The van der Waals surface area contributed by atoms with E-state index in [1.54, 1.807) is 0 Å². The van der Waals surface area contributed by atoms with Crippen LogP contribution in [-0.4, -0.2) is 38.8 Å². The highest BCUT2D eigenvalue weighted by atomic mass is 16.7. The molecule has 132 valence electrons. The molecule has 2 unspecified atom stereocenters. The van der Waals surface area contributed by atoms with E-state index >= 15 is 0 Å². The molecule has 0 radical (unpaired) electrons. The number of carboxylic acid groups (broad SMARTS) is 2. The smallest absolute Gasteiger partial charge is 0.345 e. The van der Waals surface area contributed by atoms with Crippen LogP contribution in [-0.2, 0) is 19.2 Å². The molecule has 9 nitrogen and oxygen atoms in total. The van der Waals surface area contributed by atoms with E-state index in [0.717, 1.165) is 25.7 Å². The normalized spacial score (nSPS) is 14.5. The lowest BCUT2D eigenvalue weighted by Crippen LogP contribution is -2.51. The molecule has 0 bridgehead atoms. The Labute approximate surface area is 133 Å². The maximum Gasteiger partial charge on any atom is 0.345 e. The van der Waals surface area contributed by atoms with Crippen LogP contribution in [0.3, 0.4) is 0 Å². The monoisotopic (exact) mass is 333 g/mol. The fourth-order valence-corrected chi connectivity index (χ4v) is 2.36. The molecular weight excluding hydrogens is 310 g/mol. The topological polar surface area (TPSA) is 151 Å². The molecule has 0 heterocycles. The van der Waals surface area contributed by atoms with Crippen molar-refractivity contribution in [2.45, 2.75) is 63.9 Å². The van der Waals surface area contributed by atoms with Gasteiger partial charge in [-0.3, -0.25) is 9.63 Å². The number of hydrogen-bond donors (Lipinski definition) is 3. The molecule has 0 aromatic rings. The summed E-state index contributed by atoms with van der Waals surface area (Å²) in [5, 5.41) is 29.9. The number of hydrogen-bond acceptors (Lipinski definition) is 7. The maximum atomic E-state index is 11.7. The van der Waals surface area contributed by atoms with Crippen molar-refractivity contribution in [3.8, 4) is 0 Å². The number of carbonyl (C=O) groups excluding carboxylic acids is 1. The molecule has 0 fully saturated rings. The number of unbranched alkanes of at least 4 members (excludes halogenated alkanes) is 5. The Morgan fingerprint density at radius 1 is 1.09 bits per heavy atom. The first-order valence-corrected chi connectivity index (χ1v) is 7.50. The van der Waals surface area contributed by atoms with Gasteiger partial charge in [-0.25, -0.2) is 9.59 Å². The van der Waals surface area contributed by atoms with E-state index in [1.165, 1.54) is 0 Å². The second-order valence-corrected chi connectivity index (χ2v) is 5.39. The van der Waals surface area contributed by atoms with Gasteiger partial charge in [-0.1, -0.05) is 45.4 Å². The van der Waals surface area contributed by atoms with Crippen molar-refractivity contribution in [1.29, 1.82) is 0 Å². The highest BCUT2D eigenvalue weighted by Gasteiger charge is 2.50. The van der Waals surface area contributed by atoms with Gasteiger partial charge in [-0.05, 0) is 6.42 Å². The van der Waals surface area contributed by atoms with Crippen molar-refractivity contribution in [1.82, 2.24) is 0 Å². The Bertz CT molecular complexity index is 425. The maximum absolute atomic E-state index is 11.7. The van der Waals surface area contributed by atoms with E-state index in [2.05, 4.69) is 11.8 Å². The predicted molar refractivity (Wildman–Crippen MR) is 78.2 cm³/mol. The molecule has 0 rings (SSSR count). The van der Waals surface area contributed by atoms with Crippen LogP contribution < -0.4 is 0 Å². The summed E-state index contributed by atoms with van der Waals surface area (Å²) in [6.07, 6.45) is 3.73. The Morgan fingerprint density at radius 3 is 2.13 bits per heavy atom. The molecule has 0 aromatic heterocycles. The summed E-state index contributed by atoms with van der Waals surface area (Å²) in [6.45, 7) is 2.05. The Kier molecular flexibility index (Phi) is 9.71. The van der Waals surface area contributed by atoms with Crippen molar-refractivity contribution >= 4 is 17.9 Å². The molecule has 23 heavy (non-hydrogen) atoms. The zero-order chi connectivity index (χ0) is 17.9. The fourth-order valence-electron chi connectivity index (χ4n) is 2.36. The van der Waals surface area contributed by atoms with E-state index in [4.69, 9.17) is 10.2 Å². The minimum absolute atomic E-state index is 0.115. The summed E-state index contributed by atoms with van der Waals surface area (Å²) in [4.78, 5) is 47.7. The SMILES string of the molecule is CCCCCCCCC(C(=O)ON=O)C(O)(CC(=O)O)C(=O)O. The lowest BCUT2D eigenvalue weighted by atomic mass is 9.81. The van der Waals surface area contributed by atoms with Crippen LogP contribution in [0.1, 0.15) is 58.3 Å². The van der Waals surface area contributed by atoms with Crippen molar-refractivity contribution < 1.29 is 34.5 Å². The lowest BCUT2D eigenvalue weighted by Gasteiger charge is -2.28. The third-order valence-corrected chi connectivity index (χ3v) is 3.63. The first-order chi connectivity index (χ1) is 10.8. The van der Waals surface area contributed by atoms with E-state index in [1.807, 2.05) is 5.34 Å². The third kappa shape index (κ3) is 7.18. The second kappa shape index (κ2) is 10.7. The summed E-state index contributed by atoms with van der Waals surface area (Å²) < 4.78 is 0. The van der Waals surface area contributed by atoms with Crippen LogP contribution >= 0.6 is 0 Å². The molecule has 3 N–H and O–H groups in total. The van der Waals surface area contributed by atoms with Crippen molar-refractivity contribution in [2.24, 2.45) is 11.3 Å². The number of rotatable bonds is 13. The van der Waals surface area contributed by atoms with Gasteiger partial charge in [0.2, 0.25) is 0 Å². The Balaban J connectivity index is 4.96. The summed E-state index contributed by atoms with van der Waals surface area (Å²) in [5.41, 5.74) is -2.85. The van der Waals surface area contributed by atoms with Crippen molar-refractivity contribution in [2.75, 3.05) is 0 Å². The minimum Gasteiger partial charge on any atom is -0.481 e.